The van der Waals surface area contributed by atoms with Gasteiger partial charge in [-0.05, 0) is 13.8 Å². The minimum Gasteiger partial charge on any atom is -0.292 e. The van der Waals surface area contributed by atoms with Crippen LogP contribution in [0.2, 0.25) is 5.02 Å². The number of halogens is 1. The van der Waals surface area contributed by atoms with Crippen molar-refractivity contribution < 1.29 is 4.79 Å². The van der Waals surface area contributed by atoms with E-state index in [0.717, 1.165) is 5.56 Å². The standard InChI is InChI=1S/C13H13ClN2O/c1-9-3-5-11(6-4-9)13(17)10(2)16-8-12(14)7-15-16/h3-8,10H,1-2H3/t10-/m0/s1. The Morgan fingerprint density at radius 1 is 1.35 bits per heavy atom. The lowest BCUT2D eigenvalue weighted by Crippen LogP contribution is -2.17. The maximum atomic E-state index is 12.2. The van der Waals surface area contributed by atoms with E-state index in [0.29, 0.717) is 10.6 Å². The number of Topliss-reactive ketones (excluding diaryl/α,β-unsaturated/α-hetero) is 1. The molecule has 17 heavy (non-hydrogen) atoms. The molecule has 0 aliphatic heterocycles. The largest absolute Gasteiger partial charge is 0.292 e. The van der Waals surface area contributed by atoms with Crippen LogP contribution in [-0.4, -0.2) is 15.6 Å². The van der Waals surface area contributed by atoms with Crippen molar-refractivity contribution in [2.75, 3.05) is 0 Å². The molecule has 0 bridgehead atoms. The number of aromatic nitrogens is 2. The van der Waals surface area contributed by atoms with Gasteiger partial charge in [0.2, 0.25) is 0 Å². The first-order valence-corrected chi connectivity index (χ1v) is 5.76. The topological polar surface area (TPSA) is 34.9 Å². The Kier molecular flexibility index (Phi) is 3.29. The monoisotopic (exact) mass is 248 g/mol. The van der Waals surface area contributed by atoms with Gasteiger partial charge < -0.3 is 0 Å². The van der Waals surface area contributed by atoms with Gasteiger partial charge in [0.05, 0.1) is 11.2 Å². The molecule has 0 saturated carbocycles. The van der Waals surface area contributed by atoms with Crippen LogP contribution in [0, 0.1) is 6.92 Å². The molecule has 0 saturated heterocycles. The van der Waals surface area contributed by atoms with E-state index >= 15 is 0 Å². The molecule has 88 valence electrons. The first-order chi connectivity index (χ1) is 8.08. The number of ketones is 1. The van der Waals surface area contributed by atoms with Crippen molar-refractivity contribution in [2.24, 2.45) is 0 Å². The Morgan fingerprint density at radius 3 is 2.53 bits per heavy atom. The number of carbonyl (C=O) groups excluding carboxylic acids is 1. The lowest BCUT2D eigenvalue weighted by atomic mass is 10.0. The van der Waals surface area contributed by atoms with Gasteiger partial charge in [0.15, 0.2) is 5.78 Å². The van der Waals surface area contributed by atoms with Crippen molar-refractivity contribution in [1.82, 2.24) is 9.78 Å². The summed E-state index contributed by atoms with van der Waals surface area (Å²) in [7, 11) is 0. The number of rotatable bonds is 3. The zero-order chi connectivity index (χ0) is 12.4. The van der Waals surface area contributed by atoms with Crippen LogP contribution in [0.5, 0.6) is 0 Å². The highest BCUT2D eigenvalue weighted by molar-refractivity contribution is 6.30. The smallest absolute Gasteiger partial charge is 0.187 e. The lowest BCUT2D eigenvalue weighted by molar-refractivity contribution is 0.0928. The van der Waals surface area contributed by atoms with Gasteiger partial charge in [-0.1, -0.05) is 41.4 Å². The minimum absolute atomic E-state index is 0.0322. The molecule has 1 heterocycles. The molecule has 2 rings (SSSR count). The Balaban J connectivity index is 2.23. The zero-order valence-electron chi connectivity index (χ0n) is 9.72. The summed E-state index contributed by atoms with van der Waals surface area (Å²) in [6, 6.07) is 7.18. The minimum atomic E-state index is -0.342. The quantitative estimate of drug-likeness (QED) is 0.782. The fourth-order valence-corrected chi connectivity index (χ4v) is 1.75. The third-order valence-corrected chi connectivity index (χ3v) is 2.88. The van der Waals surface area contributed by atoms with Gasteiger partial charge in [-0.2, -0.15) is 5.10 Å². The summed E-state index contributed by atoms with van der Waals surface area (Å²) in [5.41, 5.74) is 1.83. The van der Waals surface area contributed by atoms with Crippen molar-refractivity contribution in [1.29, 1.82) is 0 Å². The molecule has 1 atom stereocenters. The third-order valence-electron chi connectivity index (χ3n) is 2.68. The molecule has 0 aliphatic rings. The maximum Gasteiger partial charge on any atom is 0.187 e. The lowest BCUT2D eigenvalue weighted by Gasteiger charge is -2.11. The van der Waals surface area contributed by atoms with E-state index in [1.807, 2.05) is 38.1 Å². The molecule has 0 N–H and O–H groups in total. The average Bonchev–Trinajstić information content (AvgIpc) is 2.75. The number of aryl methyl sites for hydroxylation is 1. The fraction of sp³-hybridized carbons (Fsp3) is 0.231. The van der Waals surface area contributed by atoms with Gasteiger partial charge in [0.25, 0.3) is 0 Å². The van der Waals surface area contributed by atoms with Crippen LogP contribution < -0.4 is 0 Å². The summed E-state index contributed by atoms with van der Waals surface area (Å²) in [5, 5.41) is 4.58. The van der Waals surface area contributed by atoms with Gasteiger partial charge in [0.1, 0.15) is 6.04 Å². The van der Waals surface area contributed by atoms with E-state index in [1.54, 1.807) is 10.9 Å². The van der Waals surface area contributed by atoms with Gasteiger partial charge in [-0.25, -0.2) is 0 Å². The molecule has 4 heteroatoms. The van der Waals surface area contributed by atoms with Crippen LogP contribution in [0.4, 0.5) is 0 Å². The van der Waals surface area contributed by atoms with Crippen molar-refractivity contribution in [2.45, 2.75) is 19.9 Å². The van der Waals surface area contributed by atoms with Crippen LogP contribution >= 0.6 is 11.6 Å². The Hall–Kier alpha value is -1.61. The van der Waals surface area contributed by atoms with E-state index in [2.05, 4.69) is 5.10 Å². The van der Waals surface area contributed by atoms with E-state index in [-0.39, 0.29) is 11.8 Å². The second kappa shape index (κ2) is 4.72. The summed E-state index contributed by atoms with van der Waals surface area (Å²) in [4.78, 5) is 12.2. The van der Waals surface area contributed by atoms with Gasteiger partial charge >= 0.3 is 0 Å². The molecular formula is C13H13ClN2O. The Bertz CT molecular complexity index is 531. The third kappa shape index (κ3) is 2.56. The van der Waals surface area contributed by atoms with Gasteiger partial charge in [0, 0.05) is 11.8 Å². The van der Waals surface area contributed by atoms with Gasteiger partial charge in [-0.15, -0.1) is 0 Å². The highest BCUT2D eigenvalue weighted by Crippen LogP contribution is 2.16. The molecule has 0 unspecified atom stereocenters. The maximum absolute atomic E-state index is 12.2. The van der Waals surface area contributed by atoms with Crippen LogP contribution in [-0.2, 0) is 0 Å². The van der Waals surface area contributed by atoms with Crippen molar-refractivity contribution >= 4 is 17.4 Å². The van der Waals surface area contributed by atoms with E-state index in [4.69, 9.17) is 11.6 Å². The van der Waals surface area contributed by atoms with E-state index in [1.165, 1.54) is 6.20 Å². The van der Waals surface area contributed by atoms with Crippen molar-refractivity contribution in [3.8, 4) is 0 Å². The Morgan fingerprint density at radius 2 is 2.00 bits per heavy atom. The zero-order valence-corrected chi connectivity index (χ0v) is 10.5. The Labute approximate surface area is 105 Å². The van der Waals surface area contributed by atoms with E-state index in [9.17, 15) is 4.79 Å². The summed E-state index contributed by atoms with van der Waals surface area (Å²) in [6.07, 6.45) is 3.18. The predicted octanol–water partition coefficient (Wildman–Crippen LogP) is 3.29. The van der Waals surface area contributed by atoms with Crippen LogP contribution in [0.25, 0.3) is 0 Å². The molecule has 0 aliphatic carbocycles. The van der Waals surface area contributed by atoms with Crippen LogP contribution in [0.1, 0.15) is 28.9 Å². The normalized spacial score (nSPS) is 12.4. The van der Waals surface area contributed by atoms with Crippen LogP contribution in [0.15, 0.2) is 36.7 Å². The second-order valence-electron chi connectivity index (χ2n) is 4.04. The first-order valence-electron chi connectivity index (χ1n) is 5.38. The molecule has 1 aromatic carbocycles. The van der Waals surface area contributed by atoms with Crippen molar-refractivity contribution in [3.63, 3.8) is 0 Å². The summed E-state index contributed by atoms with van der Waals surface area (Å²) in [5.74, 6) is 0.0322. The van der Waals surface area contributed by atoms with Crippen molar-refractivity contribution in [3.05, 3.63) is 52.8 Å². The molecule has 2 aromatic rings. The molecule has 3 nitrogen and oxygen atoms in total. The average molecular weight is 249 g/mol. The number of hydrogen-bond donors (Lipinski definition) is 0. The first kappa shape index (κ1) is 11.9. The molecular weight excluding hydrogens is 236 g/mol. The number of hydrogen-bond acceptors (Lipinski definition) is 2. The molecule has 0 radical (unpaired) electrons. The number of carbonyl (C=O) groups is 1. The highest BCUT2D eigenvalue weighted by atomic mass is 35.5. The molecule has 0 amide bonds. The molecule has 0 fully saturated rings. The summed E-state index contributed by atoms with van der Waals surface area (Å²) in [6.45, 7) is 3.80. The number of nitrogens with zero attached hydrogens (tertiary/aromatic N) is 2. The van der Waals surface area contributed by atoms with Crippen LogP contribution in [0.3, 0.4) is 0 Å². The second-order valence-corrected chi connectivity index (χ2v) is 4.48. The summed E-state index contributed by atoms with van der Waals surface area (Å²) < 4.78 is 1.57. The summed E-state index contributed by atoms with van der Waals surface area (Å²) >= 11 is 5.78. The van der Waals surface area contributed by atoms with Gasteiger partial charge in [-0.3, -0.25) is 9.48 Å². The predicted molar refractivity (Wildman–Crippen MR) is 67.5 cm³/mol. The van der Waals surface area contributed by atoms with E-state index < -0.39 is 0 Å². The SMILES string of the molecule is Cc1ccc(C(=O)[C@H](C)n2cc(Cl)cn2)cc1. The molecule has 1 aromatic heterocycles. The molecule has 0 spiro atoms. The highest BCUT2D eigenvalue weighted by Gasteiger charge is 2.17. The number of benzene rings is 1. The fourth-order valence-electron chi connectivity index (χ4n) is 1.61.